The number of anilines is 2. The molecule has 212 valence electrons. The largest absolute Gasteiger partial charge is 0.369 e. The van der Waals surface area contributed by atoms with Crippen molar-refractivity contribution >= 4 is 57.4 Å². The van der Waals surface area contributed by atoms with Crippen molar-refractivity contribution in [2.24, 2.45) is 7.05 Å². The minimum atomic E-state index is -0.450. The third-order valence-corrected chi connectivity index (χ3v) is 8.53. The van der Waals surface area contributed by atoms with E-state index in [9.17, 15) is 14.4 Å². The fourth-order valence-electron chi connectivity index (χ4n) is 4.94. The first-order chi connectivity index (χ1) is 19.7. The Morgan fingerprint density at radius 2 is 1.76 bits per heavy atom. The first-order valence-corrected chi connectivity index (χ1v) is 14.8. The van der Waals surface area contributed by atoms with E-state index >= 15 is 0 Å². The van der Waals surface area contributed by atoms with Gasteiger partial charge in [-0.15, -0.1) is 0 Å². The summed E-state index contributed by atoms with van der Waals surface area (Å²) in [5.41, 5.74) is 2.51. The molecule has 5 rings (SSSR count). The van der Waals surface area contributed by atoms with E-state index in [1.807, 2.05) is 43.3 Å². The molecule has 0 saturated carbocycles. The van der Waals surface area contributed by atoms with E-state index in [1.54, 1.807) is 37.0 Å². The summed E-state index contributed by atoms with van der Waals surface area (Å²) in [5, 5.41) is 3.33. The molecule has 9 nitrogen and oxygen atoms in total. The fraction of sp³-hybridized carbons (Fsp3) is 0.300. The molecule has 11 heteroatoms. The molecule has 0 unspecified atom stereocenters. The molecule has 1 fully saturated rings. The lowest BCUT2D eigenvalue weighted by Gasteiger charge is -2.13. The van der Waals surface area contributed by atoms with E-state index < -0.39 is 5.91 Å². The van der Waals surface area contributed by atoms with Gasteiger partial charge in [-0.3, -0.25) is 28.4 Å². The number of thiocarbonyl (C=S) groups is 1. The van der Waals surface area contributed by atoms with E-state index in [1.165, 1.54) is 14.0 Å². The summed E-state index contributed by atoms with van der Waals surface area (Å²) < 4.78 is 4.93. The maximum absolute atomic E-state index is 13.8. The summed E-state index contributed by atoms with van der Waals surface area (Å²) in [6.45, 7) is 6.49. The summed E-state index contributed by atoms with van der Waals surface area (Å²) in [6, 6.07) is 12.9. The molecule has 1 aromatic carbocycles. The Morgan fingerprint density at radius 3 is 2.49 bits per heavy atom. The zero-order valence-corrected chi connectivity index (χ0v) is 25.1. The zero-order chi connectivity index (χ0) is 29.3. The zero-order valence-electron chi connectivity index (χ0n) is 23.5. The molecule has 1 saturated heterocycles. The smallest absolute Gasteiger partial charge is 0.296 e. The first kappa shape index (κ1) is 28.6. The third-order valence-electron chi connectivity index (χ3n) is 7.22. The monoisotopic (exact) mass is 588 g/mol. The summed E-state index contributed by atoms with van der Waals surface area (Å²) in [4.78, 5) is 47.4. The number of aromatic nitrogens is 4. The van der Waals surface area contributed by atoms with Crippen LogP contribution in [0.4, 0.5) is 11.5 Å². The number of aryl methyl sites for hydroxylation is 1. The number of para-hydroxylation sites is 1. The van der Waals surface area contributed by atoms with Crippen molar-refractivity contribution in [1.82, 2.24) is 18.7 Å². The molecule has 0 aliphatic carbocycles. The normalized spacial score (nSPS) is 14.5. The highest BCUT2D eigenvalue weighted by Gasteiger charge is 2.38. The Balaban J connectivity index is 1.57. The number of thioether (sulfide) groups is 1. The molecular weight excluding hydrogens is 557 g/mol. The van der Waals surface area contributed by atoms with Crippen LogP contribution in [0.5, 0.6) is 0 Å². The lowest BCUT2D eigenvalue weighted by Crippen LogP contribution is -2.33. The van der Waals surface area contributed by atoms with Crippen LogP contribution in [0.2, 0.25) is 0 Å². The van der Waals surface area contributed by atoms with Crippen molar-refractivity contribution in [3.63, 3.8) is 0 Å². The van der Waals surface area contributed by atoms with Gasteiger partial charge in [0.15, 0.2) is 4.32 Å². The van der Waals surface area contributed by atoms with Crippen LogP contribution in [-0.2, 0) is 11.8 Å². The second-order valence-corrected chi connectivity index (χ2v) is 11.7. The number of hydrogen-bond donors (Lipinski definition) is 1. The minimum absolute atomic E-state index is 0.195. The number of rotatable bonds is 9. The number of carbonyl (C=O) groups excluding carboxylic acids is 1. The number of benzene rings is 1. The van der Waals surface area contributed by atoms with Crippen molar-refractivity contribution in [1.29, 1.82) is 0 Å². The van der Waals surface area contributed by atoms with E-state index in [2.05, 4.69) is 12.2 Å². The van der Waals surface area contributed by atoms with Crippen LogP contribution in [-0.4, -0.2) is 35.5 Å². The number of pyridine rings is 1. The van der Waals surface area contributed by atoms with Crippen molar-refractivity contribution in [3.05, 3.63) is 91.1 Å². The van der Waals surface area contributed by atoms with Crippen LogP contribution in [0, 0.1) is 13.8 Å². The van der Waals surface area contributed by atoms with Crippen molar-refractivity contribution in [3.8, 4) is 5.69 Å². The van der Waals surface area contributed by atoms with Gasteiger partial charge in [-0.05, 0) is 50.1 Å². The molecule has 4 heterocycles. The minimum Gasteiger partial charge on any atom is -0.369 e. The molecule has 1 aliphatic heterocycles. The fourth-order valence-corrected chi connectivity index (χ4v) is 6.19. The predicted octanol–water partition coefficient (Wildman–Crippen LogP) is 5.20. The SMILES string of the molecule is CCCCCCNc1nc2c(C)cccn2c(=O)c1/C=C1/SC(=S)N(c2c(C)n(C)n(-c3ccccc3)c2=O)C1=O. The molecule has 3 aromatic heterocycles. The van der Waals surface area contributed by atoms with Gasteiger partial charge in [-0.1, -0.05) is 74.4 Å². The molecule has 0 atom stereocenters. The van der Waals surface area contributed by atoms with Gasteiger partial charge in [-0.25, -0.2) is 9.67 Å². The standard InChI is InChI=1S/C30H32N6O3S2/c1-5-6-7-11-16-31-25-22(27(37)34-17-12-13-19(2)26(34)32-25)18-23-28(38)35(30(40)41-23)24-20(3)33(4)36(29(24)39)21-14-9-8-10-15-21/h8-10,12-15,17-18,31H,5-7,11,16H2,1-4H3/b23-18+. The van der Waals surface area contributed by atoms with Crippen molar-refractivity contribution < 1.29 is 4.79 Å². The second kappa shape index (κ2) is 11.9. The van der Waals surface area contributed by atoms with Gasteiger partial charge >= 0.3 is 0 Å². The Hall–Kier alpha value is -3.96. The lowest BCUT2D eigenvalue weighted by atomic mass is 10.2. The van der Waals surface area contributed by atoms with E-state index in [0.717, 1.165) is 43.0 Å². The lowest BCUT2D eigenvalue weighted by molar-refractivity contribution is -0.113. The van der Waals surface area contributed by atoms with Crippen LogP contribution in [0.1, 0.15) is 49.4 Å². The Bertz CT molecular complexity index is 1800. The number of unbranched alkanes of at least 4 members (excludes halogenated alkanes) is 3. The van der Waals surface area contributed by atoms with E-state index in [4.69, 9.17) is 17.2 Å². The summed E-state index contributed by atoms with van der Waals surface area (Å²) in [7, 11) is 1.77. The predicted molar refractivity (Wildman–Crippen MR) is 170 cm³/mol. The molecule has 0 bridgehead atoms. The maximum atomic E-state index is 13.8. The Kier molecular flexibility index (Phi) is 8.27. The van der Waals surface area contributed by atoms with Crippen LogP contribution in [0.3, 0.4) is 0 Å². The quantitative estimate of drug-likeness (QED) is 0.163. The van der Waals surface area contributed by atoms with Gasteiger partial charge in [0.05, 0.1) is 21.8 Å². The summed E-state index contributed by atoms with van der Waals surface area (Å²) in [5.74, 6) is -0.0259. The summed E-state index contributed by atoms with van der Waals surface area (Å²) in [6.07, 6.45) is 7.48. The Morgan fingerprint density at radius 1 is 1.00 bits per heavy atom. The van der Waals surface area contributed by atoms with Crippen molar-refractivity contribution in [2.75, 3.05) is 16.8 Å². The van der Waals surface area contributed by atoms with Gasteiger partial charge in [0.1, 0.15) is 17.2 Å². The van der Waals surface area contributed by atoms with Gasteiger partial charge < -0.3 is 5.32 Å². The van der Waals surface area contributed by atoms with Crippen LogP contribution < -0.4 is 21.3 Å². The highest BCUT2D eigenvalue weighted by atomic mass is 32.2. The Labute approximate surface area is 247 Å². The topological polar surface area (TPSA) is 93.6 Å². The summed E-state index contributed by atoms with van der Waals surface area (Å²) >= 11 is 6.68. The number of hydrogen-bond acceptors (Lipinski definition) is 7. The first-order valence-electron chi connectivity index (χ1n) is 13.6. The number of nitrogens with one attached hydrogen (secondary N) is 1. The second-order valence-electron chi connectivity index (χ2n) is 9.98. The van der Waals surface area contributed by atoms with Crippen LogP contribution >= 0.6 is 24.0 Å². The van der Waals surface area contributed by atoms with Gasteiger partial charge in [0, 0.05) is 19.8 Å². The number of carbonyl (C=O) groups is 1. The molecular formula is C30H32N6O3S2. The molecule has 4 aromatic rings. The van der Waals surface area contributed by atoms with Gasteiger partial charge in [0.2, 0.25) is 0 Å². The third kappa shape index (κ3) is 5.27. The van der Waals surface area contributed by atoms with Gasteiger partial charge in [-0.2, -0.15) is 0 Å². The van der Waals surface area contributed by atoms with Gasteiger partial charge in [0.25, 0.3) is 17.0 Å². The molecule has 0 spiro atoms. The van der Waals surface area contributed by atoms with Crippen molar-refractivity contribution in [2.45, 2.75) is 46.5 Å². The molecule has 1 amide bonds. The average Bonchev–Trinajstić information content (AvgIpc) is 3.35. The van der Waals surface area contributed by atoms with Crippen LogP contribution in [0.15, 0.2) is 63.2 Å². The van der Waals surface area contributed by atoms with E-state index in [0.29, 0.717) is 29.4 Å². The number of amides is 1. The number of nitrogens with zero attached hydrogens (tertiary/aromatic N) is 5. The highest BCUT2D eigenvalue weighted by Crippen LogP contribution is 2.36. The molecule has 1 N–H and O–H groups in total. The number of fused-ring (bicyclic) bond motifs is 1. The molecule has 41 heavy (non-hydrogen) atoms. The average molecular weight is 589 g/mol. The highest BCUT2D eigenvalue weighted by molar-refractivity contribution is 8.27. The van der Waals surface area contributed by atoms with E-state index in [-0.39, 0.29) is 31.6 Å². The maximum Gasteiger partial charge on any atom is 0.296 e. The molecule has 0 radical (unpaired) electrons. The molecule has 1 aliphatic rings. The van der Waals surface area contributed by atoms with Crippen LogP contribution in [0.25, 0.3) is 17.4 Å².